The van der Waals surface area contributed by atoms with E-state index in [1.165, 1.54) is 11.6 Å². The molecule has 2 aromatic rings. The smallest absolute Gasteiger partial charge is 0.180 e. The quantitative estimate of drug-likeness (QED) is 0.819. The fourth-order valence-electron chi connectivity index (χ4n) is 1.67. The van der Waals surface area contributed by atoms with E-state index in [9.17, 15) is 4.79 Å². The molecular weight excluding hydrogens is 246 g/mol. The lowest BCUT2D eigenvalue weighted by Crippen LogP contribution is -1.91. The Kier molecular flexibility index (Phi) is 4.90. The number of aryl methyl sites for hydroxylation is 1. The van der Waals surface area contributed by atoms with Crippen molar-refractivity contribution in [3.05, 3.63) is 84.1 Å². The molecule has 0 heterocycles. The van der Waals surface area contributed by atoms with E-state index in [0.717, 1.165) is 11.3 Å². The number of carbonyl (C=O) groups excluding carboxylic acids is 1. The molecule has 0 aliphatic rings. The molecule has 0 unspecified atom stereocenters. The van der Waals surface area contributed by atoms with Crippen LogP contribution in [0.3, 0.4) is 0 Å². The first-order chi connectivity index (χ1) is 9.74. The van der Waals surface area contributed by atoms with Crippen molar-refractivity contribution < 1.29 is 4.79 Å². The van der Waals surface area contributed by atoms with Crippen molar-refractivity contribution in [2.75, 3.05) is 5.32 Å². The van der Waals surface area contributed by atoms with Crippen LogP contribution in [0.2, 0.25) is 0 Å². The van der Waals surface area contributed by atoms with Crippen LogP contribution in [0.25, 0.3) is 6.08 Å². The zero-order valence-corrected chi connectivity index (χ0v) is 11.4. The number of anilines is 1. The van der Waals surface area contributed by atoms with Crippen LogP contribution >= 0.6 is 0 Å². The third-order valence-electron chi connectivity index (χ3n) is 2.79. The fraction of sp³-hybridized carbons (Fsp3) is 0.0556. The molecule has 0 aliphatic heterocycles. The second-order valence-electron chi connectivity index (χ2n) is 4.49. The number of hydrogen-bond donors (Lipinski definition) is 1. The van der Waals surface area contributed by atoms with Crippen LogP contribution in [0.15, 0.2) is 72.9 Å². The van der Waals surface area contributed by atoms with Crippen LogP contribution in [0.5, 0.6) is 0 Å². The highest BCUT2D eigenvalue weighted by Crippen LogP contribution is 2.08. The predicted octanol–water partition coefficient (Wildman–Crippen LogP) is 4.20. The van der Waals surface area contributed by atoms with Crippen LogP contribution in [0.1, 0.15) is 11.1 Å². The monoisotopic (exact) mass is 263 g/mol. The Morgan fingerprint density at radius 1 is 0.950 bits per heavy atom. The summed E-state index contributed by atoms with van der Waals surface area (Å²) in [5.41, 5.74) is 3.19. The van der Waals surface area contributed by atoms with Gasteiger partial charge in [0.25, 0.3) is 0 Å². The summed E-state index contributed by atoms with van der Waals surface area (Å²) in [6.45, 7) is 2.04. The molecule has 2 nitrogen and oxygen atoms in total. The molecule has 20 heavy (non-hydrogen) atoms. The van der Waals surface area contributed by atoms with Gasteiger partial charge in [-0.1, -0.05) is 54.1 Å². The largest absolute Gasteiger partial charge is 0.362 e. The van der Waals surface area contributed by atoms with Crippen molar-refractivity contribution in [3.63, 3.8) is 0 Å². The first kappa shape index (κ1) is 13.8. The van der Waals surface area contributed by atoms with Crippen LogP contribution in [0.4, 0.5) is 5.69 Å². The Morgan fingerprint density at radius 2 is 1.65 bits per heavy atom. The van der Waals surface area contributed by atoms with Gasteiger partial charge in [-0.2, -0.15) is 0 Å². The van der Waals surface area contributed by atoms with Gasteiger partial charge < -0.3 is 5.32 Å². The van der Waals surface area contributed by atoms with Crippen LogP contribution < -0.4 is 5.32 Å². The number of hydrogen-bond acceptors (Lipinski definition) is 2. The van der Waals surface area contributed by atoms with Crippen LogP contribution in [0, 0.1) is 6.92 Å². The van der Waals surface area contributed by atoms with E-state index in [-0.39, 0.29) is 5.78 Å². The Morgan fingerprint density at radius 3 is 2.35 bits per heavy atom. The summed E-state index contributed by atoms with van der Waals surface area (Å²) in [5, 5.41) is 3.07. The minimum atomic E-state index is -0.0477. The Balaban J connectivity index is 1.86. The summed E-state index contributed by atoms with van der Waals surface area (Å²) in [5.74, 6) is -0.0477. The molecule has 0 bridgehead atoms. The summed E-state index contributed by atoms with van der Waals surface area (Å²) >= 11 is 0. The molecule has 0 saturated heterocycles. The van der Waals surface area contributed by atoms with E-state index >= 15 is 0 Å². The summed E-state index contributed by atoms with van der Waals surface area (Å²) in [6.07, 6.45) is 6.53. The van der Waals surface area contributed by atoms with Crippen LogP contribution in [-0.2, 0) is 4.79 Å². The van der Waals surface area contributed by atoms with Gasteiger partial charge in [-0.05, 0) is 30.7 Å². The standard InChI is InChI=1S/C18H17NO/c1-15-7-10-17(11-8-15)19-14-13-18(20)12-9-16-5-3-2-4-6-16/h2-14,19H,1H3/b12-9+,14-13+. The summed E-state index contributed by atoms with van der Waals surface area (Å²) in [7, 11) is 0. The van der Waals surface area contributed by atoms with Crippen molar-refractivity contribution in [3.8, 4) is 0 Å². The van der Waals surface area contributed by atoms with E-state index in [1.807, 2.05) is 61.5 Å². The van der Waals surface area contributed by atoms with Crippen molar-refractivity contribution in [2.45, 2.75) is 6.92 Å². The van der Waals surface area contributed by atoms with Gasteiger partial charge in [-0.25, -0.2) is 0 Å². The van der Waals surface area contributed by atoms with Gasteiger partial charge in [-0.3, -0.25) is 4.79 Å². The Labute approximate surface area is 119 Å². The molecule has 0 saturated carbocycles. The van der Waals surface area contributed by atoms with E-state index in [0.29, 0.717) is 0 Å². The van der Waals surface area contributed by atoms with E-state index in [2.05, 4.69) is 5.32 Å². The summed E-state index contributed by atoms with van der Waals surface area (Å²) in [4.78, 5) is 11.6. The number of ketones is 1. The van der Waals surface area contributed by atoms with Crippen molar-refractivity contribution in [2.24, 2.45) is 0 Å². The molecular formula is C18H17NO. The lowest BCUT2D eigenvalue weighted by atomic mass is 10.2. The minimum absolute atomic E-state index is 0.0477. The summed E-state index contributed by atoms with van der Waals surface area (Å²) in [6, 6.07) is 17.7. The predicted molar refractivity (Wildman–Crippen MR) is 84.4 cm³/mol. The number of allylic oxidation sites excluding steroid dienone is 2. The van der Waals surface area contributed by atoms with Crippen LogP contribution in [-0.4, -0.2) is 5.78 Å². The normalized spacial score (nSPS) is 11.1. The molecule has 0 radical (unpaired) electrons. The average molecular weight is 263 g/mol. The van der Waals surface area contributed by atoms with Gasteiger partial charge in [0.2, 0.25) is 0 Å². The molecule has 2 heteroatoms. The highest BCUT2D eigenvalue weighted by Gasteiger charge is 1.91. The number of rotatable bonds is 5. The maximum Gasteiger partial charge on any atom is 0.180 e. The maximum atomic E-state index is 11.6. The van der Waals surface area contributed by atoms with Crippen molar-refractivity contribution in [1.82, 2.24) is 0 Å². The van der Waals surface area contributed by atoms with Gasteiger partial charge in [0.1, 0.15) is 0 Å². The van der Waals surface area contributed by atoms with Crippen molar-refractivity contribution >= 4 is 17.5 Å². The molecule has 1 N–H and O–H groups in total. The van der Waals surface area contributed by atoms with Gasteiger partial charge in [-0.15, -0.1) is 0 Å². The molecule has 0 atom stereocenters. The van der Waals surface area contributed by atoms with Gasteiger partial charge in [0, 0.05) is 18.0 Å². The van der Waals surface area contributed by atoms with Gasteiger partial charge in [0.15, 0.2) is 5.78 Å². The second-order valence-corrected chi connectivity index (χ2v) is 4.49. The highest BCUT2D eigenvalue weighted by atomic mass is 16.1. The maximum absolute atomic E-state index is 11.6. The molecule has 0 fully saturated rings. The Hall–Kier alpha value is -2.61. The molecule has 100 valence electrons. The average Bonchev–Trinajstić information content (AvgIpc) is 2.48. The molecule has 0 amide bonds. The second kappa shape index (κ2) is 7.10. The van der Waals surface area contributed by atoms with Gasteiger partial charge in [0.05, 0.1) is 0 Å². The summed E-state index contributed by atoms with van der Waals surface area (Å²) < 4.78 is 0. The lowest BCUT2D eigenvalue weighted by Gasteiger charge is -1.99. The zero-order valence-electron chi connectivity index (χ0n) is 11.4. The minimum Gasteiger partial charge on any atom is -0.362 e. The van der Waals surface area contributed by atoms with E-state index < -0.39 is 0 Å². The van der Waals surface area contributed by atoms with E-state index in [4.69, 9.17) is 0 Å². The topological polar surface area (TPSA) is 29.1 Å². The third-order valence-corrected chi connectivity index (χ3v) is 2.79. The first-order valence-corrected chi connectivity index (χ1v) is 6.51. The molecule has 2 rings (SSSR count). The molecule has 2 aromatic carbocycles. The molecule has 0 aliphatic carbocycles. The molecule has 0 aromatic heterocycles. The number of carbonyl (C=O) groups is 1. The fourth-order valence-corrected chi connectivity index (χ4v) is 1.67. The zero-order chi connectivity index (χ0) is 14.2. The third kappa shape index (κ3) is 4.58. The van der Waals surface area contributed by atoms with Gasteiger partial charge >= 0.3 is 0 Å². The highest BCUT2D eigenvalue weighted by molar-refractivity contribution is 6.02. The Bertz CT molecular complexity index is 610. The van der Waals surface area contributed by atoms with E-state index in [1.54, 1.807) is 18.4 Å². The lowest BCUT2D eigenvalue weighted by molar-refractivity contribution is -0.110. The SMILES string of the molecule is Cc1ccc(N/C=C/C(=O)/C=C/c2ccccc2)cc1. The first-order valence-electron chi connectivity index (χ1n) is 6.51. The number of nitrogens with one attached hydrogen (secondary N) is 1. The van der Waals surface area contributed by atoms with Crippen molar-refractivity contribution in [1.29, 1.82) is 0 Å². The number of benzene rings is 2. The molecule has 0 spiro atoms.